The number of nitrogens with one attached hydrogen (secondary N) is 1. The fourth-order valence-corrected chi connectivity index (χ4v) is 1.59. The van der Waals surface area contributed by atoms with Gasteiger partial charge in [0.25, 0.3) is 5.91 Å². The molecule has 1 rings (SSSR count). The lowest BCUT2D eigenvalue weighted by atomic mass is 9.88. The molecule has 96 valence electrons. The molecule has 0 aliphatic carbocycles. The van der Waals surface area contributed by atoms with Gasteiger partial charge in [0.05, 0.1) is 6.33 Å². The number of aliphatic hydroxyl groups excluding tert-OH is 1. The van der Waals surface area contributed by atoms with Gasteiger partial charge in [-0.15, -0.1) is 0 Å². The van der Waals surface area contributed by atoms with Gasteiger partial charge in [-0.05, 0) is 18.3 Å². The predicted octanol–water partition coefficient (Wildman–Crippen LogP) is 0.949. The fourth-order valence-electron chi connectivity index (χ4n) is 1.59. The highest BCUT2D eigenvalue weighted by Gasteiger charge is 2.19. The molecule has 1 aromatic rings. The molecule has 0 spiro atoms. The van der Waals surface area contributed by atoms with Gasteiger partial charge in [-0.2, -0.15) is 0 Å². The standard InChI is InChI=1S/C12H21N3O2/c1-12(2,5-4-6-16)8-13-11(17)10-7-15(3)9-14-10/h7,9,16H,4-6,8H2,1-3H3,(H,13,17). The Morgan fingerprint density at radius 2 is 2.29 bits per heavy atom. The number of rotatable bonds is 6. The van der Waals surface area contributed by atoms with Gasteiger partial charge in [0, 0.05) is 26.4 Å². The molecule has 0 bridgehead atoms. The Bertz CT molecular complexity index is 372. The summed E-state index contributed by atoms with van der Waals surface area (Å²) in [6.45, 7) is 4.92. The van der Waals surface area contributed by atoms with Crippen molar-refractivity contribution in [1.29, 1.82) is 0 Å². The first-order valence-electron chi connectivity index (χ1n) is 5.82. The van der Waals surface area contributed by atoms with Crippen molar-refractivity contribution in [2.45, 2.75) is 26.7 Å². The molecule has 0 radical (unpaired) electrons. The summed E-state index contributed by atoms with van der Waals surface area (Å²) in [6, 6.07) is 0. The minimum absolute atomic E-state index is 0.00678. The summed E-state index contributed by atoms with van der Waals surface area (Å²) in [5.41, 5.74) is 0.429. The number of hydrogen-bond donors (Lipinski definition) is 2. The van der Waals surface area contributed by atoms with Crippen LogP contribution in [-0.2, 0) is 7.05 Å². The molecule has 1 heterocycles. The van der Waals surface area contributed by atoms with Crippen LogP contribution in [0.5, 0.6) is 0 Å². The average molecular weight is 239 g/mol. The summed E-state index contributed by atoms with van der Waals surface area (Å²) in [7, 11) is 1.83. The molecule has 0 aromatic carbocycles. The van der Waals surface area contributed by atoms with Gasteiger partial charge in [-0.1, -0.05) is 13.8 Å². The lowest BCUT2D eigenvalue weighted by Crippen LogP contribution is -2.34. The maximum absolute atomic E-state index is 11.7. The van der Waals surface area contributed by atoms with E-state index in [9.17, 15) is 4.79 Å². The van der Waals surface area contributed by atoms with Crippen LogP contribution in [-0.4, -0.2) is 33.7 Å². The molecule has 0 saturated carbocycles. The van der Waals surface area contributed by atoms with Crippen LogP contribution >= 0.6 is 0 Å². The summed E-state index contributed by atoms with van der Waals surface area (Å²) in [5.74, 6) is -0.150. The Balaban J connectivity index is 2.42. The highest BCUT2D eigenvalue weighted by Crippen LogP contribution is 2.20. The number of carbonyl (C=O) groups is 1. The highest BCUT2D eigenvalue weighted by molar-refractivity contribution is 5.92. The molecule has 0 unspecified atom stereocenters. The smallest absolute Gasteiger partial charge is 0.271 e. The molecule has 0 aliphatic heterocycles. The summed E-state index contributed by atoms with van der Waals surface area (Å²) in [5, 5.41) is 11.7. The third kappa shape index (κ3) is 4.56. The zero-order valence-corrected chi connectivity index (χ0v) is 10.7. The zero-order chi connectivity index (χ0) is 12.9. The normalized spacial score (nSPS) is 11.5. The molecule has 1 amide bonds. The van der Waals surface area contributed by atoms with Crippen LogP contribution in [0.1, 0.15) is 37.2 Å². The van der Waals surface area contributed by atoms with Gasteiger partial charge in [-0.3, -0.25) is 4.79 Å². The largest absolute Gasteiger partial charge is 0.396 e. The topological polar surface area (TPSA) is 67.2 Å². The van der Waals surface area contributed by atoms with Gasteiger partial charge in [0.1, 0.15) is 5.69 Å². The Hall–Kier alpha value is -1.36. The molecule has 0 saturated heterocycles. The second-order valence-electron chi connectivity index (χ2n) is 5.10. The fraction of sp³-hybridized carbons (Fsp3) is 0.667. The Morgan fingerprint density at radius 1 is 1.59 bits per heavy atom. The van der Waals surface area contributed by atoms with E-state index in [1.807, 2.05) is 7.05 Å². The van der Waals surface area contributed by atoms with E-state index < -0.39 is 0 Å². The number of amides is 1. The predicted molar refractivity (Wildman–Crippen MR) is 65.6 cm³/mol. The van der Waals surface area contributed by atoms with Crippen molar-refractivity contribution < 1.29 is 9.90 Å². The van der Waals surface area contributed by atoms with Crippen LogP contribution in [0.25, 0.3) is 0 Å². The summed E-state index contributed by atoms with van der Waals surface area (Å²) >= 11 is 0. The van der Waals surface area contributed by atoms with Crippen LogP contribution in [0.3, 0.4) is 0 Å². The van der Waals surface area contributed by atoms with Crippen LogP contribution in [0, 0.1) is 5.41 Å². The minimum atomic E-state index is -0.150. The van der Waals surface area contributed by atoms with Crippen molar-refractivity contribution in [3.8, 4) is 0 Å². The van der Waals surface area contributed by atoms with Gasteiger partial charge in [0.15, 0.2) is 0 Å². The number of aromatic nitrogens is 2. The van der Waals surface area contributed by atoms with E-state index in [1.54, 1.807) is 17.1 Å². The number of aryl methyl sites for hydroxylation is 1. The molecule has 17 heavy (non-hydrogen) atoms. The monoisotopic (exact) mass is 239 g/mol. The van der Waals surface area contributed by atoms with E-state index in [4.69, 9.17) is 5.11 Å². The molecular weight excluding hydrogens is 218 g/mol. The number of hydrogen-bond acceptors (Lipinski definition) is 3. The van der Waals surface area contributed by atoms with Crippen LogP contribution < -0.4 is 5.32 Å². The average Bonchev–Trinajstić information content (AvgIpc) is 2.70. The summed E-state index contributed by atoms with van der Waals surface area (Å²) in [6.07, 6.45) is 4.93. The van der Waals surface area contributed by atoms with E-state index in [1.165, 1.54) is 0 Å². The third-order valence-corrected chi connectivity index (χ3v) is 2.68. The van der Waals surface area contributed by atoms with E-state index in [0.29, 0.717) is 12.2 Å². The highest BCUT2D eigenvalue weighted by atomic mass is 16.2. The van der Waals surface area contributed by atoms with Gasteiger partial charge in [0.2, 0.25) is 0 Å². The molecule has 0 fully saturated rings. The van der Waals surface area contributed by atoms with E-state index in [2.05, 4.69) is 24.1 Å². The quantitative estimate of drug-likeness (QED) is 0.776. The Labute approximate surface area is 102 Å². The zero-order valence-electron chi connectivity index (χ0n) is 10.7. The lowest BCUT2D eigenvalue weighted by molar-refractivity contribution is 0.0928. The van der Waals surface area contributed by atoms with Gasteiger partial charge < -0.3 is 15.0 Å². The first kappa shape index (κ1) is 13.7. The van der Waals surface area contributed by atoms with Crippen LogP contribution in [0.15, 0.2) is 12.5 Å². The van der Waals surface area contributed by atoms with Gasteiger partial charge >= 0.3 is 0 Å². The molecular formula is C12H21N3O2. The SMILES string of the molecule is Cn1cnc(C(=O)NCC(C)(C)CCCO)c1. The second-order valence-corrected chi connectivity index (χ2v) is 5.10. The van der Waals surface area contributed by atoms with Crippen molar-refractivity contribution in [2.75, 3.05) is 13.2 Å². The Kier molecular flexibility index (Phi) is 4.69. The van der Waals surface area contributed by atoms with Crippen molar-refractivity contribution in [1.82, 2.24) is 14.9 Å². The van der Waals surface area contributed by atoms with Crippen molar-refractivity contribution in [3.05, 3.63) is 18.2 Å². The van der Waals surface area contributed by atoms with E-state index in [0.717, 1.165) is 12.8 Å². The first-order chi connectivity index (χ1) is 7.94. The van der Waals surface area contributed by atoms with Gasteiger partial charge in [-0.25, -0.2) is 4.98 Å². The van der Waals surface area contributed by atoms with Crippen LogP contribution in [0.4, 0.5) is 0 Å². The number of nitrogens with zero attached hydrogens (tertiary/aromatic N) is 2. The number of carbonyl (C=O) groups excluding carboxylic acids is 1. The third-order valence-electron chi connectivity index (χ3n) is 2.68. The second kappa shape index (κ2) is 5.82. The van der Waals surface area contributed by atoms with Crippen molar-refractivity contribution >= 4 is 5.91 Å². The molecule has 2 N–H and O–H groups in total. The maximum atomic E-state index is 11.7. The molecule has 0 aliphatic rings. The molecule has 5 nitrogen and oxygen atoms in total. The summed E-state index contributed by atoms with van der Waals surface area (Å²) in [4.78, 5) is 15.7. The van der Waals surface area contributed by atoms with E-state index in [-0.39, 0.29) is 17.9 Å². The van der Waals surface area contributed by atoms with Crippen LogP contribution in [0.2, 0.25) is 0 Å². The number of imidazole rings is 1. The van der Waals surface area contributed by atoms with Crippen molar-refractivity contribution in [3.63, 3.8) is 0 Å². The summed E-state index contributed by atoms with van der Waals surface area (Å²) < 4.78 is 1.74. The van der Waals surface area contributed by atoms with Crippen molar-refractivity contribution in [2.24, 2.45) is 12.5 Å². The first-order valence-corrected chi connectivity index (χ1v) is 5.82. The lowest BCUT2D eigenvalue weighted by Gasteiger charge is -2.24. The maximum Gasteiger partial charge on any atom is 0.271 e. The molecule has 0 atom stereocenters. The van der Waals surface area contributed by atoms with E-state index >= 15 is 0 Å². The molecule has 1 aromatic heterocycles. The molecule has 5 heteroatoms. The number of aliphatic hydroxyl groups is 1. The Morgan fingerprint density at radius 3 is 2.82 bits per heavy atom. The minimum Gasteiger partial charge on any atom is -0.396 e.